The van der Waals surface area contributed by atoms with Crippen LogP contribution in [0.3, 0.4) is 0 Å². The molecule has 0 spiro atoms. The smallest absolute Gasteiger partial charge is 0.435 e. The predicted octanol–water partition coefficient (Wildman–Crippen LogP) is 1.73. The summed E-state index contributed by atoms with van der Waals surface area (Å²) in [5, 5.41) is 0. The summed E-state index contributed by atoms with van der Waals surface area (Å²) < 4.78 is 14.8. The van der Waals surface area contributed by atoms with E-state index in [-0.39, 0.29) is 6.10 Å². The molecule has 0 aromatic carbocycles. The average molecular weight is 188 g/mol. The highest BCUT2D eigenvalue weighted by Crippen LogP contribution is 2.12. The van der Waals surface area contributed by atoms with E-state index in [0.717, 1.165) is 25.9 Å². The molecule has 0 amide bonds. The van der Waals surface area contributed by atoms with Gasteiger partial charge in [0, 0.05) is 6.61 Å². The maximum absolute atomic E-state index is 10.8. The molecule has 0 aromatic rings. The van der Waals surface area contributed by atoms with Crippen molar-refractivity contribution in [1.29, 1.82) is 0 Å². The summed E-state index contributed by atoms with van der Waals surface area (Å²) in [5.41, 5.74) is 0. The van der Waals surface area contributed by atoms with Gasteiger partial charge in [-0.1, -0.05) is 0 Å². The third-order valence-electron chi connectivity index (χ3n) is 1.92. The molecular formula is C9H16O4. The Morgan fingerprint density at radius 2 is 2.31 bits per heavy atom. The summed E-state index contributed by atoms with van der Waals surface area (Å²) in [5.74, 6) is 0. The van der Waals surface area contributed by atoms with Crippen LogP contribution in [0.4, 0.5) is 4.79 Å². The molecule has 4 heteroatoms. The third-order valence-corrected chi connectivity index (χ3v) is 1.92. The van der Waals surface area contributed by atoms with Crippen LogP contribution in [0.25, 0.3) is 0 Å². The maximum atomic E-state index is 10.8. The van der Waals surface area contributed by atoms with Crippen LogP contribution in [0.15, 0.2) is 0 Å². The zero-order valence-corrected chi connectivity index (χ0v) is 7.95. The first-order valence-electron chi connectivity index (χ1n) is 4.74. The summed E-state index contributed by atoms with van der Waals surface area (Å²) in [6.07, 6.45) is 2.70. The third kappa shape index (κ3) is 4.12. The second kappa shape index (κ2) is 5.80. The largest absolute Gasteiger partial charge is 0.508 e. The second-order valence-corrected chi connectivity index (χ2v) is 2.98. The van der Waals surface area contributed by atoms with Crippen LogP contribution in [0, 0.1) is 0 Å². The zero-order chi connectivity index (χ0) is 9.52. The zero-order valence-electron chi connectivity index (χ0n) is 7.95. The van der Waals surface area contributed by atoms with Crippen molar-refractivity contribution in [3.63, 3.8) is 0 Å². The lowest BCUT2D eigenvalue weighted by Gasteiger charge is -2.21. The molecule has 76 valence electrons. The second-order valence-electron chi connectivity index (χ2n) is 2.98. The number of carbonyl (C=O) groups is 1. The summed E-state index contributed by atoms with van der Waals surface area (Å²) in [4.78, 5) is 10.8. The molecule has 4 nitrogen and oxygen atoms in total. The number of carbonyl (C=O) groups excluding carboxylic acids is 1. The normalized spacial score (nSPS) is 22.4. The van der Waals surface area contributed by atoms with E-state index < -0.39 is 6.16 Å². The number of rotatable bonds is 3. The van der Waals surface area contributed by atoms with E-state index >= 15 is 0 Å². The fourth-order valence-corrected chi connectivity index (χ4v) is 1.26. The molecule has 0 radical (unpaired) electrons. The molecule has 0 aliphatic carbocycles. The van der Waals surface area contributed by atoms with Crippen LogP contribution < -0.4 is 0 Å². The van der Waals surface area contributed by atoms with E-state index in [2.05, 4.69) is 4.74 Å². The van der Waals surface area contributed by atoms with Crippen LogP contribution in [-0.2, 0) is 14.2 Å². The first-order valence-corrected chi connectivity index (χ1v) is 4.74. The Labute approximate surface area is 78.2 Å². The van der Waals surface area contributed by atoms with Gasteiger partial charge in [-0.05, 0) is 26.2 Å². The number of hydrogen-bond acceptors (Lipinski definition) is 4. The van der Waals surface area contributed by atoms with Gasteiger partial charge in [0.05, 0.1) is 12.7 Å². The van der Waals surface area contributed by atoms with Gasteiger partial charge in [-0.3, -0.25) is 0 Å². The Balaban J connectivity index is 2.06. The Hall–Kier alpha value is -0.770. The van der Waals surface area contributed by atoms with Crippen LogP contribution >= 0.6 is 0 Å². The Morgan fingerprint density at radius 1 is 1.46 bits per heavy atom. The van der Waals surface area contributed by atoms with E-state index in [1.165, 1.54) is 0 Å². The SMILES string of the molecule is CCOC(=O)OCC1CCCCO1. The molecule has 1 heterocycles. The molecular weight excluding hydrogens is 172 g/mol. The van der Waals surface area contributed by atoms with Gasteiger partial charge >= 0.3 is 6.16 Å². The van der Waals surface area contributed by atoms with Crippen LogP contribution in [0.5, 0.6) is 0 Å². The lowest BCUT2D eigenvalue weighted by molar-refractivity contribution is -0.0365. The molecule has 1 unspecified atom stereocenters. The molecule has 1 atom stereocenters. The molecule has 0 N–H and O–H groups in total. The Kier molecular flexibility index (Phi) is 4.60. The van der Waals surface area contributed by atoms with E-state index in [4.69, 9.17) is 9.47 Å². The van der Waals surface area contributed by atoms with Crippen molar-refractivity contribution in [2.75, 3.05) is 19.8 Å². The minimum atomic E-state index is -0.600. The first kappa shape index (κ1) is 10.3. The van der Waals surface area contributed by atoms with E-state index in [1.54, 1.807) is 6.92 Å². The molecule has 0 aromatic heterocycles. The van der Waals surface area contributed by atoms with Gasteiger partial charge in [0.25, 0.3) is 0 Å². The fourth-order valence-electron chi connectivity index (χ4n) is 1.26. The van der Waals surface area contributed by atoms with Gasteiger partial charge in [-0.2, -0.15) is 0 Å². The van der Waals surface area contributed by atoms with Gasteiger partial charge < -0.3 is 14.2 Å². The lowest BCUT2D eigenvalue weighted by atomic mass is 10.1. The van der Waals surface area contributed by atoms with Crippen molar-refractivity contribution < 1.29 is 19.0 Å². The van der Waals surface area contributed by atoms with Crippen molar-refractivity contribution in [3.05, 3.63) is 0 Å². The number of hydrogen-bond donors (Lipinski definition) is 0. The minimum Gasteiger partial charge on any atom is -0.435 e. The van der Waals surface area contributed by atoms with Crippen molar-refractivity contribution >= 4 is 6.16 Å². The molecule has 13 heavy (non-hydrogen) atoms. The van der Waals surface area contributed by atoms with Crippen molar-refractivity contribution in [2.24, 2.45) is 0 Å². The van der Waals surface area contributed by atoms with Gasteiger partial charge in [-0.25, -0.2) is 4.79 Å². The molecule has 1 saturated heterocycles. The van der Waals surface area contributed by atoms with Crippen LogP contribution in [0.2, 0.25) is 0 Å². The van der Waals surface area contributed by atoms with Crippen LogP contribution in [-0.4, -0.2) is 32.1 Å². The highest BCUT2D eigenvalue weighted by atomic mass is 16.7. The topological polar surface area (TPSA) is 44.8 Å². The van der Waals surface area contributed by atoms with E-state index in [1.807, 2.05) is 0 Å². The average Bonchev–Trinajstić information content (AvgIpc) is 2.17. The van der Waals surface area contributed by atoms with Gasteiger partial charge in [-0.15, -0.1) is 0 Å². The highest BCUT2D eigenvalue weighted by molar-refractivity contribution is 5.59. The highest BCUT2D eigenvalue weighted by Gasteiger charge is 2.15. The van der Waals surface area contributed by atoms with Gasteiger partial charge in [0.1, 0.15) is 6.61 Å². The molecule has 1 fully saturated rings. The molecule has 1 rings (SSSR count). The van der Waals surface area contributed by atoms with Gasteiger partial charge in [0.2, 0.25) is 0 Å². The molecule has 0 saturated carbocycles. The molecule has 1 aliphatic heterocycles. The van der Waals surface area contributed by atoms with E-state index in [9.17, 15) is 4.79 Å². The predicted molar refractivity (Wildman–Crippen MR) is 46.6 cm³/mol. The van der Waals surface area contributed by atoms with Crippen LogP contribution in [0.1, 0.15) is 26.2 Å². The van der Waals surface area contributed by atoms with Crippen molar-refractivity contribution in [1.82, 2.24) is 0 Å². The van der Waals surface area contributed by atoms with Crippen molar-refractivity contribution in [3.8, 4) is 0 Å². The summed E-state index contributed by atoms with van der Waals surface area (Å²) in [6.45, 7) is 3.19. The Bertz CT molecular complexity index is 152. The minimum absolute atomic E-state index is 0.0677. The van der Waals surface area contributed by atoms with Gasteiger partial charge in [0.15, 0.2) is 0 Å². The first-order chi connectivity index (χ1) is 6.33. The van der Waals surface area contributed by atoms with Crippen molar-refractivity contribution in [2.45, 2.75) is 32.3 Å². The summed E-state index contributed by atoms with van der Waals surface area (Å²) in [6, 6.07) is 0. The lowest BCUT2D eigenvalue weighted by Crippen LogP contribution is -2.26. The maximum Gasteiger partial charge on any atom is 0.508 e. The van der Waals surface area contributed by atoms with E-state index in [0.29, 0.717) is 13.2 Å². The summed E-state index contributed by atoms with van der Waals surface area (Å²) >= 11 is 0. The quantitative estimate of drug-likeness (QED) is 0.633. The fraction of sp³-hybridized carbons (Fsp3) is 0.889. The standard InChI is InChI=1S/C9H16O4/c1-2-11-9(10)13-7-8-5-3-4-6-12-8/h8H,2-7H2,1H3. The monoisotopic (exact) mass is 188 g/mol. The number of ether oxygens (including phenoxy) is 3. The molecule has 1 aliphatic rings. The summed E-state index contributed by atoms with van der Waals surface area (Å²) in [7, 11) is 0. The molecule has 0 bridgehead atoms. The Morgan fingerprint density at radius 3 is 2.92 bits per heavy atom.